The van der Waals surface area contributed by atoms with Crippen LogP contribution >= 0.6 is 0 Å². The standard InChI is InChI=1S/C17H27NO/c1-3-14-6-5-10-17(19,11-9-14)12-16-8-7-15(4-2)13-18-16/h7-8,13-14,19H,3-6,9-12H2,1-2H3. The molecule has 0 bridgehead atoms. The van der Waals surface area contributed by atoms with E-state index in [2.05, 4.69) is 31.0 Å². The number of pyridine rings is 1. The third-order valence-corrected chi connectivity index (χ3v) is 4.65. The van der Waals surface area contributed by atoms with Crippen LogP contribution in [0, 0.1) is 5.92 Å². The van der Waals surface area contributed by atoms with E-state index in [1.165, 1.54) is 24.8 Å². The lowest BCUT2D eigenvalue weighted by atomic mass is 9.88. The highest BCUT2D eigenvalue weighted by Crippen LogP contribution is 2.33. The quantitative estimate of drug-likeness (QED) is 0.834. The van der Waals surface area contributed by atoms with Gasteiger partial charge in [-0.3, -0.25) is 4.98 Å². The van der Waals surface area contributed by atoms with Crippen LogP contribution in [0.15, 0.2) is 18.3 Å². The van der Waals surface area contributed by atoms with E-state index in [1.54, 1.807) is 0 Å². The summed E-state index contributed by atoms with van der Waals surface area (Å²) in [6.45, 7) is 4.40. The van der Waals surface area contributed by atoms with Crippen molar-refractivity contribution in [2.75, 3.05) is 0 Å². The van der Waals surface area contributed by atoms with Crippen LogP contribution in [0.3, 0.4) is 0 Å². The molecule has 0 saturated heterocycles. The number of rotatable bonds is 4. The van der Waals surface area contributed by atoms with Crippen LogP contribution in [-0.4, -0.2) is 15.7 Å². The number of aliphatic hydroxyl groups is 1. The zero-order valence-electron chi connectivity index (χ0n) is 12.4. The summed E-state index contributed by atoms with van der Waals surface area (Å²) in [4.78, 5) is 4.50. The summed E-state index contributed by atoms with van der Waals surface area (Å²) in [7, 11) is 0. The molecule has 1 aliphatic carbocycles. The van der Waals surface area contributed by atoms with Crippen molar-refractivity contribution in [3.63, 3.8) is 0 Å². The molecule has 2 unspecified atom stereocenters. The molecule has 0 aliphatic heterocycles. The first-order valence-electron chi connectivity index (χ1n) is 7.81. The fourth-order valence-corrected chi connectivity index (χ4v) is 3.15. The Kier molecular flexibility index (Phi) is 4.98. The van der Waals surface area contributed by atoms with Crippen molar-refractivity contribution in [1.82, 2.24) is 4.98 Å². The van der Waals surface area contributed by atoms with Gasteiger partial charge in [0, 0.05) is 18.3 Å². The highest BCUT2D eigenvalue weighted by atomic mass is 16.3. The van der Waals surface area contributed by atoms with E-state index < -0.39 is 5.60 Å². The molecule has 2 nitrogen and oxygen atoms in total. The molecule has 0 radical (unpaired) electrons. The van der Waals surface area contributed by atoms with Crippen molar-refractivity contribution in [2.45, 2.75) is 70.8 Å². The van der Waals surface area contributed by atoms with Crippen LogP contribution in [0.2, 0.25) is 0 Å². The number of aromatic nitrogens is 1. The summed E-state index contributed by atoms with van der Waals surface area (Å²) in [6, 6.07) is 4.22. The zero-order valence-corrected chi connectivity index (χ0v) is 12.4. The molecule has 0 amide bonds. The Morgan fingerprint density at radius 3 is 2.74 bits per heavy atom. The summed E-state index contributed by atoms with van der Waals surface area (Å²) in [6.07, 6.45) is 10.4. The molecule has 19 heavy (non-hydrogen) atoms. The van der Waals surface area contributed by atoms with Gasteiger partial charge in [-0.15, -0.1) is 0 Å². The molecular formula is C17H27NO. The maximum Gasteiger partial charge on any atom is 0.0703 e. The highest BCUT2D eigenvalue weighted by molar-refractivity contribution is 5.15. The van der Waals surface area contributed by atoms with Crippen molar-refractivity contribution in [2.24, 2.45) is 5.92 Å². The maximum absolute atomic E-state index is 10.8. The Hall–Kier alpha value is -0.890. The Morgan fingerprint density at radius 2 is 2.11 bits per heavy atom. The van der Waals surface area contributed by atoms with Gasteiger partial charge in [-0.05, 0) is 43.2 Å². The molecule has 1 fully saturated rings. The van der Waals surface area contributed by atoms with Crippen LogP contribution in [0.5, 0.6) is 0 Å². The fraction of sp³-hybridized carbons (Fsp3) is 0.706. The van der Waals surface area contributed by atoms with Gasteiger partial charge in [0.05, 0.1) is 5.60 Å². The summed E-state index contributed by atoms with van der Waals surface area (Å²) in [5.74, 6) is 0.810. The number of hydrogen-bond donors (Lipinski definition) is 1. The predicted molar refractivity (Wildman–Crippen MR) is 79.1 cm³/mol. The van der Waals surface area contributed by atoms with Crippen LogP contribution in [0.25, 0.3) is 0 Å². The van der Waals surface area contributed by atoms with Gasteiger partial charge in [-0.1, -0.05) is 39.2 Å². The number of hydrogen-bond acceptors (Lipinski definition) is 2. The minimum Gasteiger partial charge on any atom is -0.389 e. The molecule has 2 rings (SSSR count). The second-order valence-corrected chi connectivity index (χ2v) is 6.12. The van der Waals surface area contributed by atoms with E-state index in [0.29, 0.717) is 6.42 Å². The topological polar surface area (TPSA) is 33.1 Å². The summed E-state index contributed by atoms with van der Waals surface area (Å²) in [5, 5.41) is 10.8. The largest absolute Gasteiger partial charge is 0.389 e. The van der Waals surface area contributed by atoms with E-state index in [4.69, 9.17) is 0 Å². The minimum atomic E-state index is -0.523. The first kappa shape index (κ1) is 14.5. The molecule has 1 N–H and O–H groups in total. The Labute approximate surface area is 117 Å². The average Bonchev–Trinajstić information content (AvgIpc) is 2.61. The SMILES string of the molecule is CCc1ccc(CC2(O)CCCC(CC)CC2)nc1. The fourth-order valence-electron chi connectivity index (χ4n) is 3.15. The average molecular weight is 261 g/mol. The van der Waals surface area contributed by atoms with E-state index in [1.807, 2.05) is 6.20 Å². The molecule has 106 valence electrons. The van der Waals surface area contributed by atoms with Crippen molar-refractivity contribution >= 4 is 0 Å². The smallest absolute Gasteiger partial charge is 0.0703 e. The van der Waals surface area contributed by atoms with Gasteiger partial charge in [0.1, 0.15) is 0 Å². The molecule has 1 heterocycles. The van der Waals surface area contributed by atoms with Gasteiger partial charge in [0.2, 0.25) is 0 Å². The molecular weight excluding hydrogens is 234 g/mol. The van der Waals surface area contributed by atoms with Crippen molar-refractivity contribution < 1.29 is 5.11 Å². The van der Waals surface area contributed by atoms with Crippen LogP contribution in [0.1, 0.15) is 63.6 Å². The molecule has 2 heteroatoms. The van der Waals surface area contributed by atoms with Crippen molar-refractivity contribution in [1.29, 1.82) is 0 Å². The maximum atomic E-state index is 10.8. The van der Waals surface area contributed by atoms with Gasteiger partial charge in [0.15, 0.2) is 0 Å². The highest BCUT2D eigenvalue weighted by Gasteiger charge is 2.30. The lowest BCUT2D eigenvalue weighted by Crippen LogP contribution is -2.31. The molecule has 1 aromatic heterocycles. The normalized spacial score (nSPS) is 28.1. The van der Waals surface area contributed by atoms with Gasteiger partial charge >= 0.3 is 0 Å². The molecule has 1 saturated carbocycles. The Morgan fingerprint density at radius 1 is 1.26 bits per heavy atom. The third kappa shape index (κ3) is 4.04. The van der Waals surface area contributed by atoms with Crippen molar-refractivity contribution in [3.8, 4) is 0 Å². The number of aryl methyl sites for hydroxylation is 1. The second kappa shape index (κ2) is 6.51. The number of nitrogens with zero attached hydrogens (tertiary/aromatic N) is 1. The molecule has 0 aromatic carbocycles. The molecule has 1 aromatic rings. The van der Waals surface area contributed by atoms with Crippen LogP contribution in [-0.2, 0) is 12.8 Å². The zero-order chi connectivity index (χ0) is 13.7. The summed E-state index contributed by atoms with van der Waals surface area (Å²) >= 11 is 0. The first-order chi connectivity index (χ1) is 9.15. The predicted octanol–water partition coefficient (Wildman–Crippen LogP) is 3.91. The van der Waals surface area contributed by atoms with E-state index in [9.17, 15) is 5.11 Å². The van der Waals surface area contributed by atoms with Gasteiger partial charge < -0.3 is 5.11 Å². The third-order valence-electron chi connectivity index (χ3n) is 4.65. The van der Waals surface area contributed by atoms with Gasteiger partial charge in [-0.2, -0.15) is 0 Å². The Bertz CT molecular complexity index is 387. The molecule has 1 aliphatic rings. The lowest BCUT2D eigenvalue weighted by molar-refractivity contribution is 0.0233. The molecule has 2 atom stereocenters. The van der Waals surface area contributed by atoms with Crippen molar-refractivity contribution in [3.05, 3.63) is 29.6 Å². The summed E-state index contributed by atoms with van der Waals surface area (Å²) in [5.41, 5.74) is 1.78. The molecule has 0 spiro atoms. The van der Waals surface area contributed by atoms with Gasteiger partial charge in [-0.25, -0.2) is 0 Å². The van der Waals surface area contributed by atoms with Crippen LogP contribution in [0.4, 0.5) is 0 Å². The minimum absolute atomic E-state index is 0.523. The van der Waals surface area contributed by atoms with Gasteiger partial charge in [0.25, 0.3) is 0 Å². The summed E-state index contributed by atoms with van der Waals surface area (Å²) < 4.78 is 0. The van der Waals surface area contributed by atoms with E-state index >= 15 is 0 Å². The van der Waals surface area contributed by atoms with E-state index in [0.717, 1.165) is 37.3 Å². The monoisotopic (exact) mass is 261 g/mol. The second-order valence-electron chi connectivity index (χ2n) is 6.12. The lowest BCUT2D eigenvalue weighted by Gasteiger charge is -2.26. The van der Waals surface area contributed by atoms with E-state index in [-0.39, 0.29) is 0 Å². The van der Waals surface area contributed by atoms with Crippen LogP contribution < -0.4 is 0 Å². The first-order valence-corrected chi connectivity index (χ1v) is 7.81. The Balaban J connectivity index is 1.99.